The van der Waals surface area contributed by atoms with Gasteiger partial charge in [-0.25, -0.2) is 4.98 Å². The van der Waals surface area contributed by atoms with Crippen LogP contribution in [0.4, 0.5) is 22.0 Å². The van der Waals surface area contributed by atoms with E-state index in [0.29, 0.717) is 22.8 Å². The van der Waals surface area contributed by atoms with Crippen molar-refractivity contribution < 1.29 is 22.0 Å². The maximum Gasteiger partial charge on any atom is 0.459 e. The highest BCUT2D eigenvalue weighted by Gasteiger charge is 2.59. The number of hydrogen-bond donors (Lipinski definition) is 1. The van der Waals surface area contributed by atoms with Crippen molar-refractivity contribution in [3.8, 4) is 11.4 Å². The highest BCUT2D eigenvalue weighted by Crippen LogP contribution is 2.43. The molecule has 1 N–H and O–H groups in total. The second-order valence-electron chi connectivity index (χ2n) is 5.17. The van der Waals surface area contributed by atoms with Crippen LogP contribution in [0.25, 0.3) is 22.4 Å². The molecule has 0 aliphatic rings. The monoisotopic (exact) mass is 373 g/mol. The Kier molecular flexibility index (Phi) is 4.44. The Morgan fingerprint density at radius 2 is 1.88 bits per heavy atom. The Bertz CT molecular complexity index is 904. The molecule has 0 saturated carbocycles. The van der Waals surface area contributed by atoms with E-state index < -0.39 is 17.8 Å². The predicted octanol–water partition coefficient (Wildman–Crippen LogP) is 5.39. The second kappa shape index (κ2) is 6.29. The zero-order chi connectivity index (χ0) is 18.2. The molecule has 0 bridgehead atoms. The van der Waals surface area contributed by atoms with E-state index in [0.717, 1.165) is 10.6 Å². The molecular weight excluding hydrogens is 361 g/mol. The van der Waals surface area contributed by atoms with E-state index in [9.17, 15) is 22.0 Å². The Hall–Kier alpha value is -2.16. The number of aromatic amines is 1. The summed E-state index contributed by atoms with van der Waals surface area (Å²) in [4.78, 5) is 11.4. The molecule has 0 aliphatic heterocycles. The van der Waals surface area contributed by atoms with Gasteiger partial charge in [-0.3, -0.25) is 4.98 Å². The fourth-order valence-electron chi connectivity index (χ4n) is 2.32. The van der Waals surface area contributed by atoms with Crippen LogP contribution >= 0.6 is 11.8 Å². The molecule has 3 nitrogen and oxygen atoms in total. The van der Waals surface area contributed by atoms with Crippen LogP contribution in [0, 0.1) is 0 Å². The molecule has 3 heterocycles. The van der Waals surface area contributed by atoms with Gasteiger partial charge in [-0.1, -0.05) is 6.92 Å². The number of pyridine rings is 2. The van der Waals surface area contributed by atoms with Gasteiger partial charge in [0.2, 0.25) is 0 Å². The number of nitrogens with one attached hydrogen (secondary N) is 1. The predicted molar refractivity (Wildman–Crippen MR) is 85.7 cm³/mol. The summed E-state index contributed by atoms with van der Waals surface area (Å²) in [7, 11) is 0. The molecule has 3 rings (SSSR count). The number of alkyl halides is 5. The van der Waals surface area contributed by atoms with Crippen molar-refractivity contribution >= 4 is 22.8 Å². The molecule has 0 amide bonds. The second-order valence-corrected chi connectivity index (χ2v) is 6.48. The third-order valence-electron chi connectivity index (χ3n) is 3.48. The molecule has 25 heavy (non-hydrogen) atoms. The Labute approximate surface area is 143 Å². The van der Waals surface area contributed by atoms with Crippen LogP contribution < -0.4 is 0 Å². The van der Waals surface area contributed by atoms with Crippen LogP contribution in [0.3, 0.4) is 0 Å². The van der Waals surface area contributed by atoms with Crippen LogP contribution in [-0.2, 0) is 5.92 Å². The largest absolute Gasteiger partial charge is 0.459 e. The molecule has 0 aromatic carbocycles. The molecule has 0 spiro atoms. The Morgan fingerprint density at radius 1 is 1.12 bits per heavy atom. The summed E-state index contributed by atoms with van der Waals surface area (Å²) in [6.45, 7) is 1.97. The lowest BCUT2D eigenvalue weighted by Gasteiger charge is -2.18. The summed E-state index contributed by atoms with van der Waals surface area (Å²) in [5.74, 6) is -4.21. The van der Waals surface area contributed by atoms with E-state index in [1.54, 1.807) is 30.1 Å². The van der Waals surface area contributed by atoms with Crippen molar-refractivity contribution in [3.05, 3.63) is 42.2 Å². The van der Waals surface area contributed by atoms with Crippen molar-refractivity contribution in [2.24, 2.45) is 0 Å². The van der Waals surface area contributed by atoms with Crippen molar-refractivity contribution in [1.29, 1.82) is 0 Å². The van der Waals surface area contributed by atoms with Gasteiger partial charge in [-0.05, 0) is 36.1 Å². The summed E-state index contributed by atoms with van der Waals surface area (Å²) in [5.41, 5.74) is -0.289. The van der Waals surface area contributed by atoms with Gasteiger partial charge in [0.15, 0.2) is 0 Å². The van der Waals surface area contributed by atoms with E-state index in [1.807, 2.05) is 13.0 Å². The van der Waals surface area contributed by atoms with Crippen molar-refractivity contribution in [1.82, 2.24) is 15.0 Å². The van der Waals surface area contributed by atoms with E-state index in [2.05, 4.69) is 15.0 Å². The molecule has 0 unspecified atom stereocenters. The van der Waals surface area contributed by atoms with Gasteiger partial charge in [0.25, 0.3) is 0 Å². The van der Waals surface area contributed by atoms with Crippen molar-refractivity contribution in [2.75, 3.05) is 5.75 Å². The summed E-state index contributed by atoms with van der Waals surface area (Å²) in [6.07, 6.45) is -4.12. The first-order chi connectivity index (χ1) is 11.7. The van der Waals surface area contributed by atoms with E-state index in [1.165, 1.54) is 6.07 Å². The number of fused-ring (bicyclic) bond motifs is 1. The molecule has 3 aromatic rings. The van der Waals surface area contributed by atoms with Crippen LogP contribution in [0.1, 0.15) is 12.6 Å². The minimum atomic E-state index is -5.70. The van der Waals surface area contributed by atoms with Gasteiger partial charge in [0.1, 0.15) is 17.0 Å². The van der Waals surface area contributed by atoms with Gasteiger partial charge in [0, 0.05) is 16.5 Å². The van der Waals surface area contributed by atoms with E-state index >= 15 is 0 Å². The standard InChI is InChI=1S/C16H12F5N3S/c1-2-25-11-4-3-7-22-13(11)10-8-9-5-6-12(24-14(9)23-10)15(17,18)16(19,20)21/h3-8H,2H2,1H3,(H,23,24). The molecule has 132 valence electrons. The molecular formula is C16H12F5N3S. The minimum Gasteiger partial charge on any atom is -0.338 e. The number of H-pyrrole nitrogens is 1. The third-order valence-corrected chi connectivity index (χ3v) is 4.41. The quantitative estimate of drug-likeness (QED) is 0.492. The fraction of sp³-hybridized carbons (Fsp3) is 0.250. The first kappa shape index (κ1) is 17.7. The lowest BCUT2D eigenvalue weighted by Crippen LogP contribution is -2.34. The van der Waals surface area contributed by atoms with E-state index in [4.69, 9.17) is 0 Å². The van der Waals surface area contributed by atoms with E-state index in [-0.39, 0.29) is 5.65 Å². The Morgan fingerprint density at radius 3 is 2.56 bits per heavy atom. The number of rotatable bonds is 4. The molecule has 0 saturated heterocycles. The number of thioether (sulfide) groups is 1. The Balaban J connectivity index is 2.08. The molecule has 0 atom stereocenters. The molecule has 0 aliphatic carbocycles. The summed E-state index contributed by atoms with van der Waals surface area (Å²) in [5, 5.41) is 0.426. The van der Waals surface area contributed by atoms with Crippen LogP contribution in [0.5, 0.6) is 0 Å². The lowest BCUT2D eigenvalue weighted by atomic mass is 10.2. The first-order valence-corrected chi connectivity index (χ1v) is 8.25. The summed E-state index contributed by atoms with van der Waals surface area (Å²) in [6, 6.07) is 7.13. The lowest BCUT2D eigenvalue weighted by molar-refractivity contribution is -0.290. The van der Waals surface area contributed by atoms with Crippen LogP contribution in [-0.4, -0.2) is 26.9 Å². The molecule has 0 radical (unpaired) electrons. The van der Waals surface area contributed by atoms with Crippen LogP contribution in [0.15, 0.2) is 41.4 Å². The SMILES string of the molecule is CCSc1cccnc1-c1cc2ccc(C(F)(F)C(F)(F)F)nc2[nH]1. The minimum absolute atomic E-state index is 0.0467. The van der Waals surface area contributed by atoms with Gasteiger partial charge in [-0.15, -0.1) is 11.8 Å². The molecule has 3 aromatic heterocycles. The smallest absolute Gasteiger partial charge is 0.338 e. The average molecular weight is 373 g/mol. The normalized spacial score (nSPS) is 12.7. The van der Waals surface area contributed by atoms with Crippen molar-refractivity contribution in [2.45, 2.75) is 23.9 Å². The molecule has 0 fully saturated rings. The zero-order valence-electron chi connectivity index (χ0n) is 12.9. The molecule has 9 heteroatoms. The fourth-order valence-corrected chi connectivity index (χ4v) is 3.10. The number of hydrogen-bond acceptors (Lipinski definition) is 3. The highest BCUT2D eigenvalue weighted by molar-refractivity contribution is 7.99. The topological polar surface area (TPSA) is 41.6 Å². The van der Waals surface area contributed by atoms with Crippen LogP contribution in [0.2, 0.25) is 0 Å². The van der Waals surface area contributed by atoms with Gasteiger partial charge in [-0.2, -0.15) is 22.0 Å². The zero-order valence-corrected chi connectivity index (χ0v) is 13.7. The maximum absolute atomic E-state index is 13.5. The number of halogens is 5. The third kappa shape index (κ3) is 3.20. The van der Waals surface area contributed by atoms with Gasteiger partial charge < -0.3 is 4.98 Å². The number of aromatic nitrogens is 3. The number of nitrogens with zero attached hydrogens (tertiary/aromatic N) is 2. The summed E-state index contributed by atoms with van der Waals surface area (Å²) >= 11 is 1.55. The van der Waals surface area contributed by atoms with Gasteiger partial charge in [0.05, 0.1) is 5.69 Å². The maximum atomic E-state index is 13.5. The van der Waals surface area contributed by atoms with Gasteiger partial charge >= 0.3 is 12.1 Å². The van der Waals surface area contributed by atoms with Crippen molar-refractivity contribution in [3.63, 3.8) is 0 Å². The summed E-state index contributed by atoms with van der Waals surface area (Å²) < 4.78 is 64.5. The average Bonchev–Trinajstić information content (AvgIpc) is 2.97. The first-order valence-electron chi connectivity index (χ1n) is 7.27. The highest BCUT2D eigenvalue weighted by atomic mass is 32.2.